The second kappa shape index (κ2) is 4.28. The summed E-state index contributed by atoms with van der Waals surface area (Å²) in [6.45, 7) is 0. The topological polar surface area (TPSA) is 42.4 Å². The average Bonchev–Trinajstić information content (AvgIpc) is 2.16. The highest BCUT2D eigenvalue weighted by Crippen LogP contribution is 2.19. The lowest BCUT2D eigenvalue weighted by Crippen LogP contribution is -2.22. The second-order valence-corrected chi connectivity index (χ2v) is 3.28. The number of nitrogens with zero attached hydrogens (tertiary/aromatic N) is 2. The Morgan fingerprint density at radius 2 is 2.14 bits per heavy atom. The van der Waals surface area contributed by atoms with E-state index in [0.717, 1.165) is 0 Å². The van der Waals surface area contributed by atoms with Crippen molar-refractivity contribution in [2.75, 3.05) is 21.2 Å². The summed E-state index contributed by atoms with van der Waals surface area (Å²) in [6.07, 6.45) is 0. The smallest absolute Gasteiger partial charge is 0.258 e. The Balaban J connectivity index is 3.14. The summed E-state index contributed by atoms with van der Waals surface area (Å²) in [7, 11) is 4.78. The van der Waals surface area contributed by atoms with Crippen molar-refractivity contribution < 1.29 is 9.53 Å². The van der Waals surface area contributed by atoms with Gasteiger partial charge in [0, 0.05) is 14.1 Å². The number of amides is 1. The molecular formula is C9H11ClN2O2. The molecular weight excluding hydrogens is 204 g/mol. The first-order chi connectivity index (χ1) is 6.56. The maximum atomic E-state index is 11.6. The second-order valence-electron chi connectivity index (χ2n) is 2.89. The summed E-state index contributed by atoms with van der Waals surface area (Å²) in [5.74, 6) is 0.0854. The standard InChI is InChI=1S/C9H11ClN2O2/c1-12(2)9(13)6-4-5-7(10)11-8(6)14-3/h4-5H,1-3H3. The van der Waals surface area contributed by atoms with Crippen molar-refractivity contribution in [2.24, 2.45) is 0 Å². The van der Waals surface area contributed by atoms with Gasteiger partial charge in [-0.1, -0.05) is 11.6 Å². The summed E-state index contributed by atoms with van der Waals surface area (Å²) < 4.78 is 4.95. The molecule has 1 aromatic heterocycles. The van der Waals surface area contributed by atoms with Gasteiger partial charge in [0.2, 0.25) is 5.88 Å². The van der Waals surface area contributed by atoms with Crippen molar-refractivity contribution in [2.45, 2.75) is 0 Å². The van der Waals surface area contributed by atoms with Gasteiger partial charge in [-0.15, -0.1) is 0 Å². The zero-order valence-electron chi connectivity index (χ0n) is 8.24. The van der Waals surface area contributed by atoms with Crippen LogP contribution in [0.3, 0.4) is 0 Å². The van der Waals surface area contributed by atoms with Crippen molar-refractivity contribution in [3.63, 3.8) is 0 Å². The number of ether oxygens (including phenoxy) is 1. The van der Waals surface area contributed by atoms with Crippen LogP contribution in [0.15, 0.2) is 12.1 Å². The van der Waals surface area contributed by atoms with Crippen LogP contribution in [0.4, 0.5) is 0 Å². The van der Waals surface area contributed by atoms with Crippen molar-refractivity contribution >= 4 is 17.5 Å². The van der Waals surface area contributed by atoms with Crippen LogP contribution in [0.1, 0.15) is 10.4 Å². The summed E-state index contributed by atoms with van der Waals surface area (Å²) in [5, 5.41) is 0.303. The molecule has 1 rings (SSSR count). The lowest BCUT2D eigenvalue weighted by molar-refractivity contribution is 0.0823. The molecule has 4 nitrogen and oxygen atoms in total. The average molecular weight is 215 g/mol. The van der Waals surface area contributed by atoms with E-state index in [0.29, 0.717) is 10.7 Å². The molecule has 1 aromatic rings. The highest BCUT2D eigenvalue weighted by molar-refractivity contribution is 6.29. The van der Waals surface area contributed by atoms with Crippen LogP contribution in [0, 0.1) is 0 Å². The SMILES string of the molecule is COc1nc(Cl)ccc1C(=O)N(C)C. The van der Waals surface area contributed by atoms with Crippen molar-refractivity contribution in [1.82, 2.24) is 9.88 Å². The quantitative estimate of drug-likeness (QED) is 0.700. The number of carbonyl (C=O) groups is 1. The monoisotopic (exact) mass is 214 g/mol. The number of pyridine rings is 1. The summed E-state index contributed by atoms with van der Waals surface area (Å²) in [6, 6.07) is 3.15. The fourth-order valence-corrected chi connectivity index (χ4v) is 1.12. The third kappa shape index (κ3) is 2.14. The molecule has 0 spiro atoms. The van der Waals surface area contributed by atoms with Gasteiger partial charge in [0.25, 0.3) is 5.91 Å². The maximum Gasteiger partial charge on any atom is 0.258 e. The predicted molar refractivity (Wildman–Crippen MR) is 53.8 cm³/mol. The largest absolute Gasteiger partial charge is 0.480 e. The summed E-state index contributed by atoms with van der Waals surface area (Å²) in [5.41, 5.74) is 0.405. The molecule has 5 heteroatoms. The van der Waals surface area contributed by atoms with Crippen LogP contribution in [0.2, 0.25) is 5.15 Å². The van der Waals surface area contributed by atoms with E-state index in [1.165, 1.54) is 12.0 Å². The molecule has 0 unspecified atom stereocenters. The van der Waals surface area contributed by atoms with Gasteiger partial charge in [-0.05, 0) is 12.1 Å². The molecule has 0 bridgehead atoms. The van der Waals surface area contributed by atoms with E-state index in [-0.39, 0.29) is 11.8 Å². The minimum Gasteiger partial charge on any atom is -0.480 e. The molecule has 0 saturated heterocycles. The number of aromatic nitrogens is 1. The zero-order valence-corrected chi connectivity index (χ0v) is 9.00. The Hall–Kier alpha value is -1.29. The lowest BCUT2D eigenvalue weighted by Gasteiger charge is -2.12. The normalized spacial score (nSPS) is 9.71. The van der Waals surface area contributed by atoms with Crippen molar-refractivity contribution in [1.29, 1.82) is 0 Å². The summed E-state index contributed by atoms with van der Waals surface area (Å²) >= 11 is 5.66. The van der Waals surface area contributed by atoms with Gasteiger partial charge in [-0.2, -0.15) is 0 Å². The Bertz CT molecular complexity index is 353. The molecule has 0 aliphatic carbocycles. The van der Waals surface area contributed by atoms with Gasteiger partial charge in [0.1, 0.15) is 10.7 Å². The van der Waals surface area contributed by atoms with Crippen LogP contribution in [0.5, 0.6) is 5.88 Å². The van der Waals surface area contributed by atoms with E-state index in [1.807, 2.05) is 0 Å². The molecule has 0 saturated carbocycles. The molecule has 1 heterocycles. The molecule has 14 heavy (non-hydrogen) atoms. The van der Waals surface area contributed by atoms with Gasteiger partial charge in [0.05, 0.1) is 7.11 Å². The summed E-state index contributed by atoms with van der Waals surface area (Å²) in [4.78, 5) is 16.9. The van der Waals surface area contributed by atoms with E-state index >= 15 is 0 Å². The number of halogens is 1. The van der Waals surface area contributed by atoms with Crippen LogP contribution < -0.4 is 4.74 Å². The van der Waals surface area contributed by atoms with Gasteiger partial charge in [-0.25, -0.2) is 4.98 Å². The minimum atomic E-state index is -0.161. The molecule has 0 N–H and O–H groups in total. The third-order valence-corrected chi connectivity index (χ3v) is 1.87. The fourth-order valence-electron chi connectivity index (χ4n) is 0.977. The fraction of sp³-hybridized carbons (Fsp3) is 0.333. The predicted octanol–water partition coefficient (Wildman–Crippen LogP) is 1.45. The first-order valence-electron chi connectivity index (χ1n) is 3.98. The highest BCUT2D eigenvalue weighted by Gasteiger charge is 2.15. The van der Waals surface area contributed by atoms with Crippen LogP contribution in [0.25, 0.3) is 0 Å². The molecule has 76 valence electrons. The van der Waals surface area contributed by atoms with Crippen molar-refractivity contribution in [3.05, 3.63) is 22.8 Å². The van der Waals surface area contributed by atoms with Crippen LogP contribution in [-0.2, 0) is 0 Å². The first kappa shape index (κ1) is 10.8. The molecule has 0 aromatic carbocycles. The Labute approximate surface area is 87.4 Å². The number of methoxy groups -OCH3 is 1. The molecule has 0 fully saturated rings. The highest BCUT2D eigenvalue weighted by atomic mass is 35.5. The zero-order chi connectivity index (χ0) is 10.7. The van der Waals surface area contributed by atoms with Crippen LogP contribution >= 0.6 is 11.6 Å². The van der Waals surface area contributed by atoms with E-state index < -0.39 is 0 Å². The molecule has 1 amide bonds. The van der Waals surface area contributed by atoms with Gasteiger partial charge < -0.3 is 9.64 Å². The number of carbonyl (C=O) groups excluding carboxylic acids is 1. The molecule has 0 atom stereocenters. The lowest BCUT2D eigenvalue weighted by atomic mass is 10.2. The number of hydrogen-bond acceptors (Lipinski definition) is 3. The van der Waals surface area contributed by atoms with Gasteiger partial charge in [0.15, 0.2) is 0 Å². The molecule has 0 radical (unpaired) electrons. The van der Waals surface area contributed by atoms with E-state index in [4.69, 9.17) is 16.3 Å². The van der Waals surface area contributed by atoms with Crippen LogP contribution in [-0.4, -0.2) is 37.0 Å². The maximum absolute atomic E-state index is 11.6. The molecule has 0 aliphatic heterocycles. The first-order valence-corrected chi connectivity index (χ1v) is 4.36. The Kier molecular flexibility index (Phi) is 3.30. The number of rotatable bonds is 2. The molecule has 0 aliphatic rings. The third-order valence-electron chi connectivity index (χ3n) is 1.66. The van der Waals surface area contributed by atoms with E-state index in [2.05, 4.69) is 4.98 Å². The Morgan fingerprint density at radius 3 is 2.64 bits per heavy atom. The van der Waals surface area contributed by atoms with E-state index in [9.17, 15) is 4.79 Å². The Morgan fingerprint density at radius 1 is 1.50 bits per heavy atom. The number of hydrogen-bond donors (Lipinski definition) is 0. The van der Waals surface area contributed by atoms with Gasteiger partial charge >= 0.3 is 0 Å². The van der Waals surface area contributed by atoms with E-state index in [1.54, 1.807) is 26.2 Å². The minimum absolute atomic E-state index is 0.161. The van der Waals surface area contributed by atoms with Crippen molar-refractivity contribution in [3.8, 4) is 5.88 Å². The van der Waals surface area contributed by atoms with Gasteiger partial charge in [-0.3, -0.25) is 4.79 Å².